The number of nitrogens with zero attached hydrogens (tertiary/aromatic N) is 3. The minimum atomic E-state index is -0.421. The van der Waals surface area contributed by atoms with Crippen LogP contribution in [0.4, 0.5) is 0 Å². The zero-order chi connectivity index (χ0) is 15.3. The van der Waals surface area contributed by atoms with Crippen molar-refractivity contribution >= 4 is 5.91 Å². The van der Waals surface area contributed by atoms with E-state index in [4.69, 9.17) is 0 Å². The third-order valence-corrected chi connectivity index (χ3v) is 5.11. The summed E-state index contributed by atoms with van der Waals surface area (Å²) in [5.41, 5.74) is -0.421. The molecule has 2 fully saturated rings. The Labute approximate surface area is 129 Å². The maximum atomic E-state index is 12.7. The van der Waals surface area contributed by atoms with Crippen LogP contribution in [-0.4, -0.2) is 47.4 Å². The molecule has 4 heteroatoms. The van der Waals surface area contributed by atoms with Gasteiger partial charge in [-0.2, -0.15) is 5.26 Å². The molecule has 118 valence electrons. The fourth-order valence-electron chi connectivity index (χ4n) is 3.52. The number of amides is 1. The summed E-state index contributed by atoms with van der Waals surface area (Å²) >= 11 is 0. The lowest BCUT2D eigenvalue weighted by atomic mass is 9.90. The monoisotopic (exact) mass is 291 g/mol. The second-order valence-corrected chi connectivity index (χ2v) is 7.03. The number of rotatable bonds is 2. The number of hydrogen-bond acceptors (Lipinski definition) is 3. The first-order valence-corrected chi connectivity index (χ1v) is 8.50. The van der Waals surface area contributed by atoms with Crippen molar-refractivity contribution in [2.75, 3.05) is 26.2 Å². The molecule has 4 nitrogen and oxygen atoms in total. The highest BCUT2D eigenvalue weighted by molar-refractivity contribution is 5.79. The molecule has 1 amide bonds. The maximum Gasteiger partial charge on any atom is 0.225 e. The Morgan fingerprint density at radius 1 is 1.00 bits per heavy atom. The van der Waals surface area contributed by atoms with Gasteiger partial charge < -0.3 is 4.90 Å². The summed E-state index contributed by atoms with van der Waals surface area (Å²) in [6.45, 7) is 7.11. The molecule has 21 heavy (non-hydrogen) atoms. The minimum Gasteiger partial charge on any atom is -0.340 e. The molecule has 0 radical (unpaired) electrons. The predicted octanol–water partition coefficient (Wildman–Crippen LogP) is 2.79. The lowest BCUT2D eigenvalue weighted by Crippen LogP contribution is -2.56. The van der Waals surface area contributed by atoms with E-state index in [-0.39, 0.29) is 5.92 Å². The van der Waals surface area contributed by atoms with Gasteiger partial charge in [0, 0.05) is 32.1 Å². The summed E-state index contributed by atoms with van der Waals surface area (Å²) in [7, 11) is 0. The Bertz CT molecular complexity index is 383. The Hall–Kier alpha value is -1.08. The second kappa shape index (κ2) is 7.26. The molecule has 1 aliphatic heterocycles. The van der Waals surface area contributed by atoms with Gasteiger partial charge in [0.25, 0.3) is 0 Å². The Balaban J connectivity index is 1.86. The third kappa shape index (κ3) is 4.20. The van der Waals surface area contributed by atoms with Crippen molar-refractivity contribution in [1.82, 2.24) is 9.80 Å². The first-order valence-electron chi connectivity index (χ1n) is 8.50. The molecular formula is C17H29N3O. The summed E-state index contributed by atoms with van der Waals surface area (Å²) in [5, 5.41) is 9.21. The van der Waals surface area contributed by atoms with Crippen LogP contribution in [0, 0.1) is 17.2 Å². The van der Waals surface area contributed by atoms with Crippen LogP contribution in [0.15, 0.2) is 0 Å². The fraction of sp³-hybridized carbons (Fsp3) is 0.882. The molecule has 0 aromatic heterocycles. The molecule has 1 saturated carbocycles. The van der Waals surface area contributed by atoms with Crippen LogP contribution in [-0.2, 0) is 4.79 Å². The summed E-state index contributed by atoms with van der Waals surface area (Å²) in [4.78, 5) is 16.9. The first-order chi connectivity index (χ1) is 10.0. The first kappa shape index (κ1) is 16.3. The molecule has 0 N–H and O–H groups in total. The predicted molar refractivity (Wildman–Crippen MR) is 83.7 cm³/mol. The number of carbonyl (C=O) groups is 1. The van der Waals surface area contributed by atoms with Crippen LogP contribution in [0.5, 0.6) is 0 Å². The van der Waals surface area contributed by atoms with Gasteiger partial charge in [-0.1, -0.05) is 32.1 Å². The SMILES string of the molecule is CC(C)(C#N)N1CCN(C(=O)C2CCCCCCC2)CC1. The van der Waals surface area contributed by atoms with Crippen molar-refractivity contribution in [2.24, 2.45) is 5.92 Å². The number of nitriles is 1. The second-order valence-electron chi connectivity index (χ2n) is 7.03. The lowest BCUT2D eigenvalue weighted by Gasteiger charge is -2.41. The smallest absolute Gasteiger partial charge is 0.225 e. The van der Waals surface area contributed by atoms with Gasteiger partial charge in [-0.25, -0.2) is 0 Å². The van der Waals surface area contributed by atoms with Crippen molar-refractivity contribution < 1.29 is 4.79 Å². The lowest BCUT2D eigenvalue weighted by molar-refractivity contribution is -0.138. The van der Waals surface area contributed by atoms with Crippen molar-refractivity contribution in [1.29, 1.82) is 5.26 Å². The van der Waals surface area contributed by atoms with Gasteiger partial charge in [-0.05, 0) is 26.7 Å². The van der Waals surface area contributed by atoms with Crippen molar-refractivity contribution in [3.8, 4) is 6.07 Å². The van der Waals surface area contributed by atoms with E-state index in [9.17, 15) is 10.1 Å². The van der Waals surface area contributed by atoms with Gasteiger partial charge >= 0.3 is 0 Å². The van der Waals surface area contributed by atoms with E-state index in [1.807, 2.05) is 18.7 Å². The highest BCUT2D eigenvalue weighted by atomic mass is 16.2. The molecule has 0 spiro atoms. The van der Waals surface area contributed by atoms with Gasteiger partial charge in [0.15, 0.2) is 0 Å². The van der Waals surface area contributed by atoms with Gasteiger partial charge in [0.05, 0.1) is 6.07 Å². The standard InChI is InChI=1S/C17H29N3O/c1-17(2,14-18)20-12-10-19(11-13-20)16(21)15-8-6-4-3-5-7-9-15/h15H,3-13H2,1-2H3. The van der Waals surface area contributed by atoms with E-state index in [0.29, 0.717) is 5.91 Å². The van der Waals surface area contributed by atoms with E-state index in [0.717, 1.165) is 39.0 Å². The van der Waals surface area contributed by atoms with Crippen LogP contribution < -0.4 is 0 Å². The van der Waals surface area contributed by atoms with E-state index >= 15 is 0 Å². The molecule has 1 aliphatic carbocycles. The zero-order valence-corrected chi connectivity index (χ0v) is 13.6. The molecule has 0 aromatic rings. The number of hydrogen-bond donors (Lipinski definition) is 0. The van der Waals surface area contributed by atoms with Gasteiger partial charge in [-0.3, -0.25) is 9.69 Å². The maximum absolute atomic E-state index is 12.7. The summed E-state index contributed by atoms with van der Waals surface area (Å²) in [6.07, 6.45) is 8.46. The number of piperazine rings is 1. The number of carbonyl (C=O) groups excluding carboxylic acids is 1. The highest BCUT2D eigenvalue weighted by Gasteiger charge is 2.33. The largest absolute Gasteiger partial charge is 0.340 e. The molecule has 1 saturated heterocycles. The van der Waals surface area contributed by atoms with Crippen molar-refractivity contribution in [3.05, 3.63) is 0 Å². The van der Waals surface area contributed by atoms with E-state index in [1.54, 1.807) is 0 Å². The van der Waals surface area contributed by atoms with Crippen LogP contribution in [0.2, 0.25) is 0 Å². The minimum absolute atomic E-state index is 0.251. The van der Waals surface area contributed by atoms with Crippen LogP contribution in [0.25, 0.3) is 0 Å². The van der Waals surface area contributed by atoms with Crippen LogP contribution in [0.3, 0.4) is 0 Å². The molecule has 0 bridgehead atoms. The highest BCUT2D eigenvalue weighted by Crippen LogP contribution is 2.25. The quantitative estimate of drug-likeness (QED) is 0.786. The summed E-state index contributed by atoms with van der Waals surface area (Å²) in [6, 6.07) is 2.36. The average molecular weight is 291 g/mol. The van der Waals surface area contributed by atoms with Gasteiger partial charge in [0.1, 0.15) is 5.54 Å². The van der Waals surface area contributed by atoms with Crippen molar-refractivity contribution in [3.63, 3.8) is 0 Å². The molecule has 0 unspecified atom stereocenters. The van der Waals surface area contributed by atoms with Crippen molar-refractivity contribution in [2.45, 2.75) is 64.3 Å². The fourth-order valence-corrected chi connectivity index (χ4v) is 3.52. The third-order valence-electron chi connectivity index (χ3n) is 5.11. The summed E-state index contributed by atoms with van der Waals surface area (Å²) < 4.78 is 0. The Morgan fingerprint density at radius 2 is 1.52 bits per heavy atom. The zero-order valence-electron chi connectivity index (χ0n) is 13.6. The van der Waals surface area contributed by atoms with E-state index in [2.05, 4.69) is 11.0 Å². The molecule has 1 heterocycles. The average Bonchev–Trinajstić information content (AvgIpc) is 2.46. The van der Waals surface area contributed by atoms with Gasteiger partial charge in [-0.15, -0.1) is 0 Å². The topological polar surface area (TPSA) is 47.3 Å². The van der Waals surface area contributed by atoms with E-state index in [1.165, 1.54) is 32.1 Å². The summed E-state index contributed by atoms with van der Waals surface area (Å²) in [5.74, 6) is 0.618. The Kier molecular flexibility index (Phi) is 5.64. The molecule has 2 rings (SSSR count). The normalized spacial score (nSPS) is 23.2. The van der Waals surface area contributed by atoms with Crippen LogP contribution >= 0.6 is 0 Å². The van der Waals surface area contributed by atoms with E-state index < -0.39 is 5.54 Å². The molecule has 0 aromatic carbocycles. The molecule has 2 aliphatic rings. The van der Waals surface area contributed by atoms with Crippen LogP contribution in [0.1, 0.15) is 58.8 Å². The Morgan fingerprint density at radius 3 is 2.05 bits per heavy atom. The molecule has 0 atom stereocenters. The van der Waals surface area contributed by atoms with Gasteiger partial charge in [0.2, 0.25) is 5.91 Å². The molecular weight excluding hydrogens is 262 g/mol.